The van der Waals surface area contributed by atoms with Gasteiger partial charge in [0.25, 0.3) is 0 Å². The quantitative estimate of drug-likeness (QED) is 0.659. The van der Waals surface area contributed by atoms with Crippen molar-refractivity contribution in [1.82, 2.24) is 9.78 Å². The fourth-order valence-corrected chi connectivity index (χ4v) is 2.35. The molecular weight excluding hydrogens is 344 g/mol. The molecule has 0 spiro atoms. The minimum Gasteiger partial charge on any atom is -0.448 e. The van der Waals surface area contributed by atoms with E-state index in [0.717, 1.165) is 12.0 Å². The molecule has 0 aliphatic heterocycles. The van der Waals surface area contributed by atoms with E-state index >= 15 is 0 Å². The van der Waals surface area contributed by atoms with Crippen molar-refractivity contribution < 1.29 is 9.21 Å². The number of aldehydes is 1. The van der Waals surface area contributed by atoms with E-state index in [1.165, 1.54) is 0 Å². The highest BCUT2D eigenvalue weighted by atomic mass is 79.9. The summed E-state index contributed by atoms with van der Waals surface area (Å²) in [7, 11) is 0. The lowest BCUT2D eigenvalue weighted by atomic mass is 10.2. The number of hydrogen-bond acceptors (Lipinski definition) is 3. The normalized spacial score (nSPS) is 10.7. The minimum atomic E-state index is 0.451. The summed E-state index contributed by atoms with van der Waals surface area (Å²) >= 11 is 9.19. The van der Waals surface area contributed by atoms with Gasteiger partial charge in [-0.3, -0.25) is 4.79 Å². The molecule has 100 valence electrons. The van der Waals surface area contributed by atoms with Gasteiger partial charge in [0.15, 0.2) is 16.7 Å². The Morgan fingerprint density at radius 1 is 1.30 bits per heavy atom. The molecule has 0 saturated heterocycles. The first kappa shape index (κ1) is 13.1. The molecule has 0 aliphatic carbocycles. The van der Waals surface area contributed by atoms with Gasteiger partial charge in [0, 0.05) is 11.2 Å². The van der Waals surface area contributed by atoms with Crippen molar-refractivity contribution in [3.8, 4) is 17.1 Å². The van der Waals surface area contributed by atoms with Crippen molar-refractivity contribution in [3.05, 3.63) is 57.9 Å². The number of rotatable bonds is 3. The number of halogens is 2. The monoisotopic (exact) mass is 350 g/mol. The molecule has 0 aliphatic rings. The third-order valence-electron chi connectivity index (χ3n) is 2.75. The maximum Gasteiger partial charge on any atom is 0.169 e. The summed E-state index contributed by atoms with van der Waals surface area (Å²) in [5.74, 6) is 0.528. The SMILES string of the molecule is O=Cc1cn(-c2cccc(Cl)c2)nc1-c1ccc(Br)o1. The summed E-state index contributed by atoms with van der Waals surface area (Å²) in [5.41, 5.74) is 1.72. The molecule has 0 radical (unpaired) electrons. The molecule has 0 atom stereocenters. The first-order chi connectivity index (χ1) is 9.67. The van der Waals surface area contributed by atoms with Crippen LogP contribution in [-0.4, -0.2) is 16.1 Å². The van der Waals surface area contributed by atoms with Gasteiger partial charge in [-0.05, 0) is 46.3 Å². The van der Waals surface area contributed by atoms with Crippen LogP contribution in [-0.2, 0) is 0 Å². The van der Waals surface area contributed by atoms with E-state index in [4.69, 9.17) is 16.0 Å². The van der Waals surface area contributed by atoms with Crippen molar-refractivity contribution in [2.75, 3.05) is 0 Å². The van der Waals surface area contributed by atoms with Gasteiger partial charge in [0.1, 0.15) is 5.69 Å². The Kier molecular flexibility index (Phi) is 3.46. The highest BCUT2D eigenvalue weighted by Crippen LogP contribution is 2.27. The van der Waals surface area contributed by atoms with E-state index in [-0.39, 0.29) is 0 Å². The van der Waals surface area contributed by atoms with E-state index in [1.807, 2.05) is 12.1 Å². The number of nitrogens with zero attached hydrogens (tertiary/aromatic N) is 2. The molecule has 3 rings (SSSR count). The first-order valence-electron chi connectivity index (χ1n) is 5.74. The van der Waals surface area contributed by atoms with Gasteiger partial charge in [0.2, 0.25) is 0 Å². The van der Waals surface area contributed by atoms with Gasteiger partial charge < -0.3 is 4.42 Å². The van der Waals surface area contributed by atoms with Crippen LogP contribution in [0.5, 0.6) is 0 Å². The minimum absolute atomic E-state index is 0.451. The number of benzene rings is 1. The standard InChI is InChI=1S/C14H8BrClN2O2/c15-13-5-4-12(20-13)14-9(8-19)7-18(17-14)11-3-1-2-10(16)6-11/h1-8H. The second-order valence-electron chi connectivity index (χ2n) is 4.08. The van der Waals surface area contributed by atoms with Gasteiger partial charge in [-0.15, -0.1) is 0 Å². The second kappa shape index (κ2) is 5.26. The molecule has 20 heavy (non-hydrogen) atoms. The van der Waals surface area contributed by atoms with Crippen LogP contribution < -0.4 is 0 Å². The Labute approximate surface area is 128 Å². The van der Waals surface area contributed by atoms with Crippen molar-refractivity contribution in [3.63, 3.8) is 0 Å². The van der Waals surface area contributed by atoms with Gasteiger partial charge >= 0.3 is 0 Å². The van der Waals surface area contributed by atoms with Crippen LogP contribution in [0.1, 0.15) is 10.4 Å². The van der Waals surface area contributed by atoms with Gasteiger partial charge in [-0.1, -0.05) is 17.7 Å². The van der Waals surface area contributed by atoms with E-state index < -0.39 is 0 Å². The zero-order valence-electron chi connectivity index (χ0n) is 10.1. The van der Waals surface area contributed by atoms with E-state index in [9.17, 15) is 4.79 Å². The third-order valence-corrected chi connectivity index (χ3v) is 3.41. The maximum atomic E-state index is 11.2. The molecule has 0 unspecified atom stereocenters. The molecule has 1 aromatic carbocycles. The second-order valence-corrected chi connectivity index (χ2v) is 5.30. The fraction of sp³-hybridized carbons (Fsp3) is 0. The van der Waals surface area contributed by atoms with Crippen LogP contribution >= 0.6 is 27.5 Å². The number of carbonyl (C=O) groups excluding carboxylic acids is 1. The zero-order chi connectivity index (χ0) is 14.1. The molecule has 0 amide bonds. The van der Waals surface area contributed by atoms with E-state index in [2.05, 4.69) is 21.0 Å². The number of furan rings is 1. The molecule has 0 saturated carbocycles. The largest absolute Gasteiger partial charge is 0.448 e. The van der Waals surface area contributed by atoms with Crippen molar-refractivity contribution in [2.24, 2.45) is 0 Å². The fourth-order valence-electron chi connectivity index (χ4n) is 1.86. The molecule has 2 heterocycles. The summed E-state index contributed by atoms with van der Waals surface area (Å²) < 4.78 is 7.62. The van der Waals surface area contributed by atoms with Crippen LogP contribution in [0.4, 0.5) is 0 Å². The topological polar surface area (TPSA) is 48.0 Å². The summed E-state index contributed by atoms with van der Waals surface area (Å²) in [6.07, 6.45) is 2.39. The maximum absolute atomic E-state index is 11.2. The van der Waals surface area contributed by atoms with Crippen molar-refractivity contribution in [2.45, 2.75) is 0 Å². The molecule has 6 heteroatoms. The summed E-state index contributed by atoms with van der Waals surface area (Å²) in [4.78, 5) is 11.2. The van der Waals surface area contributed by atoms with Gasteiger partial charge in [0.05, 0.1) is 11.3 Å². The molecular formula is C14H8BrClN2O2. The van der Waals surface area contributed by atoms with Crippen LogP contribution in [0.2, 0.25) is 5.02 Å². The smallest absolute Gasteiger partial charge is 0.169 e. The summed E-state index contributed by atoms with van der Waals surface area (Å²) in [6.45, 7) is 0. The molecule has 3 aromatic rings. The summed E-state index contributed by atoms with van der Waals surface area (Å²) in [6, 6.07) is 10.7. The molecule has 2 aromatic heterocycles. The van der Waals surface area contributed by atoms with Gasteiger partial charge in [-0.25, -0.2) is 4.68 Å². The number of hydrogen-bond donors (Lipinski definition) is 0. The van der Waals surface area contributed by atoms with Crippen LogP contribution in [0.3, 0.4) is 0 Å². The molecule has 0 N–H and O–H groups in total. The highest BCUT2D eigenvalue weighted by molar-refractivity contribution is 9.10. The zero-order valence-corrected chi connectivity index (χ0v) is 12.4. The lowest BCUT2D eigenvalue weighted by molar-refractivity contribution is 0.112. The Hall–Kier alpha value is -1.85. The summed E-state index contributed by atoms with van der Waals surface area (Å²) in [5, 5.41) is 4.99. The predicted octanol–water partition coefficient (Wildman–Crippen LogP) is 4.36. The van der Waals surface area contributed by atoms with Crippen LogP contribution in [0.25, 0.3) is 17.1 Å². The average molecular weight is 352 g/mol. The molecule has 0 bridgehead atoms. The van der Waals surface area contributed by atoms with Crippen LogP contribution in [0.15, 0.2) is 51.7 Å². The Morgan fingerprint density at radius 3 is 2.80 bits per heavy atom. The third kappa shape index (κ3) is 2.42. The number of carbonyl (C=O) groups is 1. The Morgan fingerprint density at radius 2 is 2.15 bits per heavy atom. The average Bonchev–Trinajstić information content (AvgIpc) is 3.04. The van der Waals surface area contributed by atoms with Crippen molar-refractivity contribution >= 4 is 33.8 Å². The lowest BCUT2D eigenvalue weighted by Gasteiger charge is -2.00. The van der Waals surface area contributed by atoms with Crippen molar-refractivity contribution in [1.29, 1.82) is 0 Å². The molecule has 0 fully saturated rings. The Balaban J connectivity index is 2.11. The Bertz CT molecular complexity index is 779. The molecule has 4 nitrogen and oxygen atoms in total. The van der Waals surface area contributed by atoms with Gasteiger partial charge in [-0.2, -0.15) is 5.10 Å². The highest BCUT2D eigenvalue weighted by Gasteiger charge is 2.15. The number of aromatic nitrogens is 2. The van der Waals surface area contributed by atoms with E-state index in [0.29, 0.717) is 26.7 Å². The lowest BCUT2D eigenvalue weighted by Crippen LogP contribution is -1.94. The first-order valence-corrected chi connectivity index (χ1v) is 6.91. The predicted molar refractivity (Wildman–Crippen MR) is 79.4 cm³/mol. The van der Waals surface area contributed by atoms with E-state index in [1.54, 1.807) is 35.1 Å². The van der Waals surface area contributed by atoms with Crippen LogP contribution in [0, 0.1) is 0 Å².